The number of pyridine rings is 1. The molecule has 0 fully saturated rings. The highest BCUT2D eigenvalue weighted by Gasteiger charge is 2.07. The van der Waals surface area contributed by atoms with Gasteiger partial charge in [0, 0.05) is 12.7 Å². The average molecular weight is 163 g/mol. The minimum atomic E-state index is -0.221. The minimum Gasteiger partial charge on any atom is -0.492 e. The molecule has 0 aliphatic rings. The van der Waals surface area contributed by atoms with Crippen LogP contribution < -0.4 is 5.32 Å². The van der Waals surface area contributed by atoms with Crippen LogP contribution in [-0.4, -0.2) is 17.1 Å². The molecule has 1 heterocycles. The fraction of sp³-hybridized carbons (Fsp3) is 0.250. The Bertz CT molecular complexity index is 341. The quantitative estimate of drug-likeness (QED) is 0.648. The lowest BCUT2D eigenvalue weighted by atomic mass is 10.2. The third kappa shape index (κ3) is 1.30. The topological polar surface area (TPSA) is 68.9 Å². The van der Waals surface area contributed by atoms with Crippen molar-refractivity contribution in [2.45, 2.75) is 6.92 Å². The highest BCUT2D eigenvalue weighted by Crippen LogP contribution is 2.22. The number of rotatable bonds is 1. The lowest BCUT2D eigenvalue weighted by molar-refractivity contribution is 0.450. The number of nitrogens with one attached hydrogen (secondary N) is 1. The van der Waals surface area contributed by atoms with Crippen molar-refractivity contribution >= 4 is 5.69 Å². The molecular formula is C8H9N3O. The van der Waals surface area contributed by atoms with Crippen LogP contribution in [0.5, 0.6) is 5.88 Å². The van der Waals surface area contributed by atoms with Crippen LogP contribution in [0.4, 0.5) is 5.69 Å². The zero-order chi connectivity index (χ0) is 9.14. The first-order chi connectivity index (χ1) is 5.69. The van der Waals surface area contributed by atoms with Gasteiger partial charge in [-0.1, -0.05) is 0 Å². The molecule has 0 atom stereocenters. The van der Waals surface area contributed by atoms with E-state index >= 15 is 0 Å². The lowest BCUT2D eigenvalue weighted by Gasteiger charge is -2.04. The van der Waals surface area contributed by atoms with E-state index in [1.54, 1.807) is 20.0 Å². The smallest absolute Gasteiger partial charge is 0.231 e. The number of aromatic hydroxyl groups is 1. The first-order valence-electron chi connectivity index (χ1n) is 3.47. The standard InChI is InChI=1S/C8H9N3O/c1-5-3-7(10-2)6(4-9)8(12)11-5/h3H,1-2H3,(H2,10,11,12). The van der Waals surface area contributed by atoms with Crippen LogP contribution in [0.15, 0.2) is 6.07 Å². The molecular weight excluding hydrogens is 154 g/mol. The van der Waals surface area contributed by atoms with E-state index in [0.717, 1.165) is 0 Å². The van der Waals surface area contributed by atoms with Crippen LogP contribution in [0.25, 0.3) is 0 Å². The molecule has 0 spiro atoms. The maximum atomic E-state index is 9.23. The second kappa shape index (κ2) is 3.09. The number of anilines is 1. The van der Waals surface area contributed by atoms with Crippen LogP contribution in [0.3, 0.4) is 0 Å². The highest BCUT2D eigenvalue weighted by molar-refractivity contribution is 5.61. The molecule has 62 valence electrons. The van der Waals surface area contributed by atoms with E-state index in [0.29, 0.717) is 11.4 Å². The largest absolute Gasteiger partial charge is 0.492 e. The van der Waals surface area contributed by atoms with Gasteiger partial charge in [-0.25, -0.2) is 4.98 Å². The third-order valence-electron chi connectivity index (χ3n) is 1.51. The Balaban J connectivity index is 3.36. The third-order valence-corrected chi connectivity index (χ3v) is 1.51. The number of nitrogens with zero attached hydrogens (tertiary/aromatic N) is 2. The Labute approximate surface area is 70.5 Å². The maximum Gasteiger partial charge on any atom is 0.231 e. The summed E-state index contributed by atoms with van der Waals surface area (Å²) in [5.74, 6) is -0.221. The Morgan fingerprint density at radius 1 is 1.67 bits per heavy atom. The van der Waals surface area contributed by atoms with Gasteiger partial charge in [-0.05, 0) is 13.0 Å². The summed E-state index contributed by atoms with van der Waals surface area (Å²) >= 11 is 0. The Hall–Kier alpha value is -1.76. The summed E-state index contributed by atoms with van der Waals surface area (Å²) in [6.45, 7) is 1.75. The van der Waals surface area contributed by atoms with Gasteiger partial charge in [-0.2, -0.15) is 5.26 Å². The van der Waals surface area contributed by atoms with Crippen LogP contribution in [0.1, 0.15) is 11.3 Å². The summed E-state index contributed by atoms with van der Waals surface area (Å²) in [4.78, 5) is 3.75. The van der Waals surface area contributed by atoms with Crippen molar-refractivity contribution in [3.63, 3.8) is 0 Å². The number of nitriles is 1. The van der Waals surface area contributed by atoms with E-state index in [4.69, 9.17) is 5.26 Å². The zero-order valence-corrected chi connectivity index (χ0v) is 6.92. The minimum absolute atomic E-state index is 0.183. The highest BCUT2D eigenvalue weighted by atomic mass is 16.3. The summed E-state index contributed by atoms with van der Waals surface area (Å²) in [6.07, 6.45) is 0. The Kier molecular flexibility index (Phi) is 2.15. The normalized spacial score (nSPS) is 9.08. The van der Waals surface area contributed by atoms with Gasteiger partial charge >= 0.3 is 0 Å². The van der Waals surface area contributed by atoms with Crippen molar-refractivity contribution in [3.8, 4) is 11.9 Å². The van der Waals surface area contributed by atoms with Crippen LogP contribution in [0, 0.1) is 18.3 Å². The second-order valence-corrected chi connectivity index (χ2v) is 2.37. The van der Waals surface area contributed by atoms with E-state index in [2.05, 4.69) is 10.3 Å². The second-order valence-electron chi connectivity index (χ2n) is 2.37. The number of aromatic nitrogens is 1. The van der Waals surface area contributed by atoms with E-state index < -0.39 is 0 Å². The van der Waals surface area contributed by atoms with Gasteiger partial charge in [0.05, 0.1) is 5.69 Å². The first kappa shape index (κ1) is 8.34. The van der Waals surface area contributed by atoms with Gasteiger partial charge in [-0.15, -0.1) is 0 Å². The number of hydrogen-bond acceptors (Lipinski definition) is 4. The van der Waals surface area contributed by atoms with Crippen LogP contribution in [0.2, 0.25) is 0 Å². The summed E-state index contributed by atoms with van der Waals surface area (Å²) in [5.41, 5.74) is 1.46. The van der Waals surface area contributed by atoms with E-state index in [1.165, 1.54) is 0 Å². The predicted molar refractivity (Wildman–Crippen MR) is 44.9 cm³/mol. The summed E-state index contributed by atoms with van der Waals surface area (Å²) in [7, 11) is 1.69. The average Bonchev–Trinajstić information content (AvgIpc) is 2.03. The predicted octanol–water partition coefficient (Wildman–Crippen LogP) is 1.01. The summed E-state index contributed by atoms with van der Waals surface area (Å²) in [5, 5.41) is 20.7. The molecule has 0 unspecified atom stereocenters. The molecule has 0 aliphatic heterocycles. The van der Waals surface area contributed by atoms with Gasteiger partial charge in [0.2, 0.25) is 5.88 Å². The number of hydrogen-bond donors (Lipinski definition) is 2. The molecule has 0 saturated heterocycles. The Morgan fingerprint density at radius 3 is 2.83 bits per heavy atom. The zero-order valence-electron chi connectivity index (χ0n) is 6.92. The molecule has 0 aliphatic carbocycles. The molecule has 0 aromatic carbocycles. The molecule has 0 saturated carbocycles. The molecule has 1 aromatic rings. The summed E-state index contributed by atoms with van der Waals surface area (Å²) < 4.78 is 0. The van der Waals surface area contributed by atoms with Crippen molar-refractivity contribution in [1.29, 1.82) is 5.26 Å². The maximum absolute atomic E-state index is 9.23. The monoisotopic (exact) mass is 163 g/mol. The van der Waals surface area contributed by atoms with E-state index in [9.17, 15) is 5.11 Å². The molecule has 1 rings (SSSR count). The molecule has 0 bridgehead atoms. The Morgan fingerprint density at radius 2 is 2.33 bits per heavy atom. The first-order valence-corrected chi connectivity index (χ1v) is 3.47. The van der Waals surface area contributed by atoms with Crippen molar-refractivity contribution in [2.75, 3.05) is 12.4 Å². The molecule has 12 heavy (non-hydrogen) atoms. The number of aryl methyl sites for hydroxylation is 1. The SMILES string of the molecule is CNc1cc(C)nc(O)c1C#N. The van der Waals surface area contributed by atoms with Gasteiger partial charge in [0.1, 0.15) is 11.6 Å². The molecule has 0 amide bonds. The molecule has 2 N–H and O–H groups in total. The molecule has 1 aromatic heterocycles. The lowest BCUT2D eigenvalue weighted by Crippen LogP contribution is -1.95. The molecule has 4 heteroatoms. The van der Waals surface area contributed by atoms with Gasteiger partial charge in [-0.3, -0.25) is 0 Å². The van der Waals surface area contributed by atoms with Crippen LogP contribution in [-0.2, 0) is 0 Å². The fourth-order valence-corrected chi connectivity index (χ4v) is 0.964. The molecule has 0 radical (unpaired) electrons. The summed E-state index contributed by atoms with van der Waals surface area (Å²) in [6, 6.07) is 3.57. The van der Waals surface area contributed by atoms with Crippen molar-refractivity contribution in [1.82, 2.24) is 4.98 Å². The van der Waals surface area contributed by atoms with Gasteiger partial charge in [0.25, 0.3) is 0 Å². The molecule has 4 nitrogen and oxygen atoms in total. The van der Waals surface area contributed by atoms with Gasteiger partial charge < -0.3 is 10.4 Å². The van der Waals surface area contributed by atoms with Crippen molar-refractivity contribution < 1.29 is 5.11 Å². The van der Waals surface area contributed by atoms with Crippen LogP contribution >= 0.6 is 0 Å². The van der Waals surface area contributed by atoms with E-state index in [1.807, 2.05) is 6.07 Å². The van der Waals surface area contributed by atoms with E-state index in [-0.39, 0.29) is 11.4 Å². The van der Waals surface area contributed by atoms with Gasteiger partial charge in [0.15, 0.2) is 0 Å². The fourth-order valence-electron chi connectivity index (χ4n) is 0.964. The van der Waals surface area contributed by atoms with Crippen molar-refractivity contribution in [3.05, 3.63) is 17.3 Å². The van der Waals surface area contributed by atoms with Crippen molar-refractivity contribution in [2.24, 2.45) is 0 Å².